The van der Waals surface area contributed by atoms with Crippen LogP contribution in [0, 0.1) is 5.82 Å². The van der Waals surface area contributed by atoms with Crippen molar-refractivity contribution in [2.45, 2.75) is 25.3 Å². The first-order valence-electron chi connectivity index (χ1n) is 5.58. The quantitative estimate of drug-likeness (QED) is 0.716. The lowest BCUT2D eigenvalue weighted by Gasteiger charge is -2.24. The van der Waals surface area contributed by atoms with Crippen LogP contribution in [0.4, 0.5) is 4.39 Å². The Kier molecular flexibility index (Phi) is 2.24. The Hall–Kier alpha value is -1.64. The third-order valence-electron chi connectivity index (χ3n) is 3.31. The van der Waals surface area contributed by atoms with Crippen LogP contribution >= 0.6 is 0 Å². The zero-order valence-corrected chi connectivity index (χ0v) is 8.94. The van der Waals surface area contributed by atoms with E-state index < -0.39 is 0 Å². The fraction of sp³-hybridized carbons (Fsp3) is 0.308. The number of rotatable bonds is 1. The fourth-order valence-corrected chi connectivity index (χ4v) is 2.43. The molecule has 1 unspecified atom stereocenters. The average molecular weight is 216 g/mol. The molecule has 82 valence electrons. The van der Waals surface area contributed by atoms with Gasteiger partial charge in [-0.25, -0.2) is 9.37 Å². The average Bonchev–Trinajstić information content (AvgIpc) is 2.76. The monoisotopic (exact) mass is 216 g/mol. The van der Waals surface area contributed by atoms with Crippen LogP contribution in [-0.2, 0) is 13.0 Å². The Balaban J connectivity index is 1.92. The van der Waals surface area contributed by atoms with Gasteiger partial charge in [-0.2, -0.15) is 0 Å². The minimum atomic E-state index is -0.0870. The summed E-state index contributed by atoms with van der Waals surface area (Å²) < 4.78 is 15.8. The molecule has 1 aliphatic heterocycles. The molecule has 0 aliphatic carbocycles. The summed E-state index contributed by atoms with van der Waals surface area (Å²) >= 11 is 0. The Labute approximate surface area is 93.7 Å². The van der Waals surface area contributed by atoms with E-state index in [0.29, 0.717) is 0 Å². The number of hydrogen-bond donors (Lipinski definition) is 0. The number of nitrogens with zero attached hydrogens (tertiary/aromatic N) is 2. The van der Waals surface area contributed by atoms with Crippen LogP contribution in [0.5, 0.6) is 0 Å². The van der Waals surface area contributed by atoms with Crippen molar-refractivity contribution in [1.82, 2.24) is 9.55 Å². The largest absolute Gasteiger partial charge is 0.334 e. The molecule has 3 rings (SSSR count). The summed E-state index contributed by atoms with van der Waals surface area (Å²) in [6.45, 7) is 0.844. The summed E-state index contributed by atoms with van der Waals surface area (Å²) in [5, 5.41) is 0. The van der Waals surface area contributed by atoms with Crippen molar-refractivity contribution in [3.63, 3.8) is 0 Å². The molecule has 0 fully saturated rings. The van der Waals surface area contributed by atoms with Crippen LogP contribution < -0.4 is 0 Å². The maximum Gasteiger partial charge on any atom is 0.126 e. The highest BCUT2D eigenvalue weighted by Gasteiger charge is 2.21. The van der Waals surface area contributed by atoms with E-state index in [2.05, 4.69) is 9.55 Å². The molecule has 0 spiro atoms. The first-order valence-corrected chi connectivity index (χ1v) is 5.58. The highest BCUT2D eigenvalue weighted by molar-refractivity contribution is 5.23. The molecule has 0 bridgehead atoms. The second-order valence-corrected chi connectivity index (χ2v) is 4.29. The topological polar surface area (TPSA) is 17.8 Å². The first-order chi connectivity index (χ1) is 7.84. The molecule has 16 heavy (non-hydrogen) atoms. The highest BCUT2D eigenvalue weighted by Crippen LogP contribution is 2.29. The van der Waals surface area contributed by atoms with Crippen LogP contribution in [0.3, 0.4) is 0 Å². The van der Waals surface area contributed by atoms with E-state index in [1.54, 1.807) is 12.1 Å². The Morgan fingerprint density at radius 1 is 1.31 bits per heavy atom. The molecule has 1 atom stereocenters. The van der Waals surface area contributed by atoms with E-state index in [1.165, 1.54) is 5.69 Å². The van der Waals surface area contributed by atoms with Gasteiger partial charge in [0, 0.05) is 24.4 Å². The number of aromatic nitrogens is 2. The van der Waals surface area contributed by atoms with Gasteiger partial charge in [0.2, 0.25) is 0 Å². The van der Waals surface area contributed by atoms with Gasteiger partial charge in [0.1, 0.15) is 5.82 Å². The van der Waals surface area contributed by atoms with Crippen LogP contribution in [0.1, 0.15) is 23.6 Å². The molecule has 0 N–H and O–H groups in total. The van der Waals surface area contributed by atoms with E-state index in [0.717, 1.165) is 24.9 Å². The second-order valence-electron chi connectivity index (χ2n) is 4.29. The molecule has 2 nitrogen and oxygen atoms in total. The van der Waals surface area contributed by atoms with Gasteiger partial charge in [0.25, 0.3) is 0 Å². The van der Waals surface area contributed by atoms with Gasteiger partial charge in [-0.1, -0.05) is 18.2 Å². The predicted octanol–water partition coefficient (Wildman–Crippen LogP) is 2.75. The lowest BCUT2D eigenvalue weighted by molar-refractivity contribution is 0.446. The highest BCUT2D eigenvalue weighted by atomic mass is 19.1. The molecule has 1 aliphatic rings. The van der Waals surface area contributed by atoms with Crippen molar-refractivity contribution < 1.29 is 4.39 Å². The third kappa shape index (κ3) is 1.52. The molecule has 3 heteroatoms. The number of halogens is 1. The Bertz CT molecular complexity index is 504. The predicted molar refractivity (Wildman–Crippen MR) is 59.7 cm³/mol. The number of aryl methyl sites for hydroxylation is 1. The van der Waals surface area contributed by atoms with E-state index in [4.69, 9.17) is 0 Å². The van der Waals surface area contributed by atoms with Crippen LogP contribution in [0.2, 0.25) is 0 Å². The van der Waals surface area contributed by atoms with Crippen molar-refractivity contribution >= 4 is 0 Å². The summed E-state index contributed by atoms with van der Waals surface area (Å²) in [5.74, 6) is 0.193. The molecule has 2 aromatic rings. The Morgan fingerprint density at radius 2 is 2.19 bits per heavy atom. The molecular weight excluding hydrogens is 203 g/mol. The van der Waals surface area contributed by atoms with Crippen molar-refractivity contribution in [3.8, 4) is 0 Å². The molecule has 1 aromatic carbocycles. The number of hydrogen-bond acceptors (Lipinski definition) is 1. The number of benzene rings is 1. The van der Waals surface area contributed by atoms with Crippen LogP contribution in [-0.4, -0.2) is 9.55 Å². The van der Waals surface area contributed by atoms with Gasteiger partial charge < -0.3 is 4.57 Å². The van der Waals surface area contributed by atoms with Gasteiger partial charge in [-0.3, -0.25) is 0 Å². The minimum Gasteiger partial charge on any atom is -0.334 e. The smallest absolute Gasteiger partial charge is 0.126 e. The maximum absolute atomic E-state index is 13.7. The van der Waals surface area contributed by atoms with Crippen molar-refractivity contribution in [1.29, 1.82) is 0 Å². The third-order valence-corrected chi connectivity index (χ3v) is 3.31. The van der Waals surface area contributed by atoms with Crippen molar-refractivity contribution in [3.05, 3.63) is 53.9 Å². The van der Waals surface area contributed by atoms with Crippen molar-refractivity contribution in [2.24, 2.45) is 0 Å². The SMILES string of the molecule is Fc1ccccc1C1CCc2cncn2C1. The normalized spacial score (nSPS) is 19.4. The van der Waals surface area contributed by atoms with E-state index in [-0.39, 0.29) is 11.7 Å². The molecule has 0 saturated heterocycles. The van der Waals surface area contributed by atoms with Crippen LogP contribution in [0.25, 0.3) is 0 Å². The second kappa shape index (κ2) is 3.74. The zero-order chi connectivity index (χ0) is 11.0. The molecule has 0 radical (unpaired) electrons. The van der Waals surface area contributed by atoms with Crippen LogP contribution in [0.15, 0.2) is 36.8 Å². The van der Waals surface area contributed by atoms with Gasteiger partial charge in [-0.05, 0) is 24.5 Å². The van der Waals surface area contributed by atoms with Gasteiger partial charge >= 0.3 is 0 Å². The lowest BCUT2D eigenvalue weighted by Crippen LogP contribution is -2.18. The van der Waals surface area contributed by atoms with E-state index >= 15 is 0 Å². The van der Waals surface area contributed by atoms with Gasteiger partial charge in [0.05, 0.1) is 6.33 Å². The van der Waals surface area contributed by atoms with Gasteiger partial charge in [-0.15, -0.1) is 0 Å². The minimum absolute atomic E-state index is 0.0870. The summed E-state index contributed by atoms with van der Waals surface area (Å²) in [7, 11) is 0. The first kappa shape index (κ1) is 9.58. The molecule has 0 amide bonds. The summed E-state index contributed by atoms with van der Waals surface area (Å²) in [6, 6.07) is 7.08. The summed E-state index contributed by atoms with van der Waals surface area (Å²) in [4.78, 5) is 4.12. The van der Waals surface area contributed by atoms with Crippen molar-refractivity contribution in [2.75, 3.05) is 0 Å². The number of fused-ring (bicyclic) bond motifs is 1. The summed E-state index contributed by atoms with van der Waals surface area (Å²) in [5.41, 5.74) is 2.09. The molecular formula is C13H13FN2. The number of imidazole rings is 1. The molecule has 0 saturated carbocycles. The maximum atomic E-state index is 13.7. The van der Waals surface area contributed by atoms with E-state index in [9.17, 15) is 4.39 Å². The lowest BCUT2D eigenvalue weighted by atomic mass is 9.90. The summed E-state index contributed by atoms with van der Waals surface area (Å²) in [6.07, 6.45) is 5.73. The Morgan fingerprint density at radius 3 is 3.06 bits per heavy atom. The molecule has 2 heterocycles. The van der Waals surface area contributed by atoms with Gasteiger partial charge in [0.15, 0.2) is 0 Å². The van der Waals surface area contributed by atoms with E-state index in [1.807, 2.05) is 24.7 Å². The molecule has 1 aromatic heterocycles. The fourth-order valence-electron chi connectivity index (χ4n) is 2.43. The standard InChI is InChI=1S/C13H13FN2/c14-13-4-2-1-3-12(13)10-5-6-11-7-15-9-16(11)8-10/h1-4,7,9-10H,5-6,8H2. The zero-order valence-electron chi connectivity index (χ0n) is 8.94.